The van der Waals surface area contributed by atoms with E-state index in [9.17, 15) is 0 Å². The van der Waals surface area contributed by atoms with E-state index in [1.165, 1.54) is 0 Å². The Kier molecular flexibility index (Phi) is 5.40. The lowest BCUT2D eigenvalue weighted by atomic mass is 10.1. The number of aryl methyl sites for hydroxylation is 1. The standard InChI is InChI=1S/C14H20O3/c1-5-6-7-8-11-9-10-12(15-2)14(17-4)13(11)16-3/h5,9-10H,1,6-8H2,2-4H3. The summed E-state index contributed by atoms with van der Waals surface area (Å²) in [6.45, 7) is 3.72. The SMILES string of the molecule is C=CCCCc1ccc(OC)c(OC)c1OC. The summed E-state index contributed by atoms with van der Waals surface area (Å²) in [7, 11) is 4.89. The molecule has 0 N–H and O–H groups in total. The van der Waals surface area contributed by atoms with Gasteiger partial charge in [-0.3, -0.25) is 0 Å². The third kappa shape index (κ3) is 3.16. The van der Waals surface area contributed by atoms with E-state index in [1.54, 1.807) is 21.3 Å². The molecular formula is C14H20O3. The van der Waals surface area contributed by atoms with Gasteiger partial charge in [-0.15, -0.1) is 6.58 Å². The number of rotatable bonds is 7. The molecular weight excluding hydrogens is 216 g/mol. The van der Waals surface area contributed by atoms with Gasteiger partial charge in [0.2, 0.25) is 5.75 Å². The summed E-state index contributed by atoms with van der Waals surface area (Å²) in [6, 6.07) is 3.92. The molecule has 0 saturated carbocycles. The van der Waals surface area contributed by atoms with Crippen LogP contribution in [0.4, 0.5) is 0 Å². The third-order valence-corrected chi connectivity index (χ3v) is 2.64. The highest BCUT2D eigenvalue weighted by molar-refractivity contribution is 5.55. The highest BCUT2D eigenvalue weighted by atomic mass is 16.5. The van der Waals surface area contributed by atoms with E-state index in [0.29, 0.717) is 11.5 Å². The molecule has 0 spiro atoms. The number of hydrogen-bond donors (Lipinski definition) is 0. The van der Waals surface area contributed by atoms with Gasteiger partial charge < -0.3 is 14.2 Å². The highest BCUT2D eigenvalue weighted by Crippen LogP contribution is 2.40. The van der Waals surface area contributed by atoms with Gasteiger partial charge in [0.1, 0.15) is 0 Å². The summed E-state index contributed by atoms with van der Waals surface area (Å²) < 4.78 is 16.0. The molecule has 0 aromatic heterocycles. The zero-order chi connectivity index (χ0) is 12.7. The molecule has 0 aliphatic rings. The predicted octanol–water partition coefficient (Wildman–Crippen LogP) is 3.22. The first kappa shape index (κ1) is 13.4. The van der Waals surface area contributed by atoms with Crippen molar-refractivity contribution in [1.29, 1.82) is 0 Å². The Balaban J connectivity index is 3.00. The Morgan fingerprint density at radius 2 is 1.76 bits per heavy atom. The van der Waals surface area contributed by atoms with Crippen LogP contribution in [0.1, 0.15) is 18.4 Å². The molecule has 0 amide bonds. The fourth-order valence-electron chi connectivity index (χ4n) is 1.80. The fraction of sp³-hybridized carbons (Fsp3) is 0.429. The molecule has 0 heterocycles. The molecule has 1 aromatic carbocycles. The van der Waals surface area contributed by atoms with Crippen molar-refractivity contribution in [1.82, 2.24) is 0 Å². The van der Waals surface area contributed by atoms with Gasteiger partial charge >= 0.3 is 0 Å². The van der Waals surface area contributed by atoms with Crippen LogP contribution in [0.5, 0.6) is 17.2 Å². The van der Waals surface area contributed by atoms with Crippen LogP contribution in [0.25, 0.3) is 0 Å². The number of allylic oxidation sites excluding steroid dienone is 1. The zero-order valence-electron chi connectivity index (χ0n) is 10.8. The molecule has 1 aromatic rings. The lowest BCUT2D eigenvalue weighted by Crippen LogP contribution is -1.99. The second-order valence-electron chi connectivity index (χ2n) is 3.67. The van der Waals surface area contributed by atoms with Crippen LogP contribution in [0.15, 0.2) is 24.8 Å². The average Bonchev–Trinajstić information content (AvgIpc) is 2.38. The van der Waals surface area contributed by atoms with E-state index in [0.717, 1.165) is 30.6 Å². The average molecular weight is 236 g/mol. The molecule has 3 nitrogen and oxygen atoms in total. The van der Waals surface area contributed by atoms with Crippen LogP contribution in [-0.4, -0.2) is 21.3 Å². The van der Waals surface area contributed by atoms with Crippen LogP contribution >= 0.6 is 0 Å². The van der Waals surface area contributed by atoms with Crippen LogP contribution in [0, 0.1) is 0 Å². The molecule has 94 valence electrons. The summed E-state index contributed by atoms with van der Waals surface area (Å²) in [6.07, 6.45) is 4.91. The van der Waals surface area contributed by atoms with E-state index in [4.69, 9.17) is 14.2 Å². The molecule has 0 saturated heterocycles. The summed E-state index contributed by atoms with van der Waals surface area (Å²) in [5.74, 6) is 2.11. The first-order valence-corrected chi connectivity index (χ1v) is 5.67. The third-order valence-electron chi connectivity index (χ3n) is 2.64. The molecule has 0 aliphatic heterocycles. The van der Waals surface area contributed by atoms with Gasteiger partial charge in [0.25, 0.3) is 0 Å². The first-order valence-electron chi connectivity index (χ1n) is 5.67. The molecule has 0 atom stereocenters. The van der Waals surface area contributed by atoms with Crippen LogP contribution in [0.2, 0.25) is 0 Å². The minimum Gasteiger partial charge on any atom is -0.493 e. The van der Waals surface area contributed by atoms with Gasteiger partial charge in [0, 0.05) is 0 Å². The first-order chi connectivity index (χ1) is 8.28. The topological polar surface area (TPSA) is 27.7 Å². The number of methoxy groups -OCH3 is 3. The normalized spacial score (nSPS) is 9.82. The van der Waals surface area contributed by atoms with Gasteiger partial charge in [-0.05, 0) is 30.9 Å². The summed E-state index contributed by atoms with van der Waals surface area (Å²) >= 11 is 0. The van der Waals surface area contributed by atoms with E-state index < -0.39 is 0 Å². The van der Waals surface area contributed by atoms with Gasteiger partial charge in [-0.25, -0.2) is 0 Å². The lowest BCUT2D eigenvalue weighted by Gasteiger charge is -2.15. The monoisotopic (exact) mass is 236 g/mol. The van der Waals surface area contributed by atoms with Crippen molar-refractivity contribution in [3.05, 3.63) is 30.4 Å². The molecule has 0 bridgehead atoms. The second-order valence-corrected chi connectivity index (χ2v) is 3.67. The van der Waals surface area contributed by atoms with Crippen molar-refractivity contribution in [2.24, 2.45) is 0 Å². The largest absolute Gasteiger partial charge is 0.493 e. The molecule has 3 heteroatoms. The van der Waals surface area contributed by atoms with E-state index in [2.05, 4.69) is 6.58 Å². The smallest absolute Gasteiger partial charge is 0.203 e. The van der Waals surface area contributed by atoms with Crippen LogP contribution in [-0.2, 0) is 6.42 Å². The molecule has 0 radical (unpaired) electrons. The van der Waals surface area contributed by atoms with Crippen molar-refractivity contribution in [2.75, 3.05) is 21.3 Å². The van der Waals surface area contributed by atoms with Crippen LogP contribution < -0.4 is 14.2 Å². The Bertz CT molecular complexity index is 372. The fourth-order valence-corrected chi connectivity index (χ4v) is 1.80. The molecule has 0 aliphatic carbocycles. The van der Waals surface area contributed by atoms with E-state index in [1.807, 2.05) is 18.2 Å². The zero-order valence-corrected chi connectivity index (χ0v) is 10.8. The molecule has 0 fully saturated rings. The van der Waals surface area contributed by atoms with Gasteiger partial charge in [0.05, 0.1) is 21.3 Å². The maximum Gasteiger partial charge on any atom is 0.203 e. The van der Waals surface area contributed by atoms with Crippen LogP contribution in [0.3, 0.4) is 0 Å². The second kappa shape index (κ2) is 6.84. The Morgan fingerprint density at radius 1 is 1.06 bits per heavy atom. The van der Waals surface area contributed by atoms with E-state index in [-0.39, 0.29) is 0 Å². The van der Waals surface area contributed by atoms with Gasteiger partial charge in [-0.1, -0.05) is 12.1 Å². The number of ether oxygens (including phenoxy) is 3. The maximum absolute atomic E-state index is 5.41. The van der Waals surface area contributed by atoms with Gasteiger partial charge in [0.15, 0.2) is 11.5 Å². The number of unbranched alkanes of at least 4 members (excludes halogenated alkanes) is 1. The minimum atomic E-state index is 0.658. The summed E-state index contributed by atoms with van der Waals surface area (Å²) in [4.78, 5) is 0. The summed E-state index contributed by atoms with van der Waals surface area (Å²) in [5, 5.41) is 0. The molecule has 17 heavy (non-hydrogen) atoms. The van der Waals surface area contributed by atoms with Crippen molar-refractivity contribution >= 4 is 0 Å². The Morgan fingerprint density at radius 3 is 2.29 bits per heavy atom. The van der Waals surface area contributed by atoms with Crippen molar-refractivity contribution in [2.45, 2.75) is 19.3 Å². The lowest BCUT2D eigenvalue weighted by molar-refractivity contribution is 0.322. The Hall–Kier alpha value is -1.64. The summed E-state index contributed by atoms with van der Waals surface area (Å²) in [5.41, 5.74) is 1.13. The predicted molar refractivity (Wildman–Crippen MR) is 69.2 cm³/mol. The van der Waals surface area contributed by atoms with E-state index >= 15 is 0 Å². The highest BCUT2D eigenvalue weighted by Gasteiger charge is 2.14. The Labute approximate surface area is 103 Å². The van der Waals surface area contributed by atoms with Crippen molar-refractivity contribution in [3.63, 3.8) is 0 Å². The number of benzene rings is 1. The quantitative estimate of drug-likeness (QED) is 0.537. The molecule has 0 unspecified atom stereocenters. The van der Waals surface area contributed by atoms with Gasteiger partial charge in [-0.2, -0.15) is 0 Å². The maximum atomic E-state index is 5.41. The van der Waals surface area contributed by atoms with Crippen molar-refractivity contribution in [3.8, 4) is 17.2 Å². The minimum absolute atomic E-state index is 0.658. The number of hydrogen-bond acceptors (Lipinski definition) is 3. The van der Waals surface area contributed by atoms with Crippen molar-refractivity contribution < 1.29 is 14.2 Å². The molecule has 1 rings (SSSR count).